The molecule has 0 amide bonds. The number of nitrogens with zero attached hydrogens (tertiary/aromatic N) is 1. The molecule has 13 heavy (non-hydrogen) atoms. The van der Waals surface area contributed by atoms with E-state index in [4.69, 9.17) is 9.26 Å². The Bertz CT molecular complexity index is 266. The number of hydrogen-bond acceptors (Lipinski definition) is 4. The highest BCUT2D eigenvalue weighted by Gasteiger charge is 2.19. The zero-order chi connectivity index (χ0) is 9.10. The lowest BCUT2D eigenvalue weighted by molar-refractivity contribution is 0.303. The molecule has 4 heteroatoms. The second-order valence-electron chi connectivity index (χ2n) is 3.31. The Balaban J connectivity index is 2.05. The van der Waals surface area contributed by atoms with E-state index >= 15 is 0 Å². The highest BCUT2D eigenvalue weighted by molar-refractivity contribution is 5.15. The molecule has 1 fully saturated rings. The highest BCUT2D eigenvalue weighted by atomic mass is 16.5. The summed E-state index contributed by atoms with van der Waals surface area (Å²) in [6.07, 6.45) is 2.37. The largest absolute Gasteiger partial charge is 0.479 e. The molecular formula is C9H14N2O2. The maximum Gasteiger partial charge on any atom is 0.254 e. The number of methoxy groups -OCH3 is 1. The smallest absolute Gasteiger partial charge is 0.254 e. The second kappa shape index (κ2) is 3.79. The van der Waals surface area contributed by atoms with Gasteiger partial charge in [0, 0.05) is 18.5 Å². The SMILES string of the molecule is COc1cc(C2CCCNC2)on1. The van der Waals surface area contributed by atoms with Gasteiger partial charge in [-0.1, -0.05) is 0 Å². The molecule has 1 aromatic heterocycles. The molecule has 1 saturated heterocycles. The third-order valence-corrected chi connectivity index (χ3v) is 2.42. The van der Waals surface area contributed by atoms with Gasteiger partial charge < -0.3 is 14.6 Å². The molecule has 1 aromatic rings. The van der Waals surface area contributed by atoms with Gasteiger partial charge in [0.2, 0.25) is 0 Å². The molecule has 0 saturated carbocycles. The maximum absolute atomic E-state index is 5.18. The predicted molar refractivity (Wildman–Crippen MR) is 47.9 cm³/mol. The quantitative estimate of drug-likeness (QED) is 0.745. The lowest BCUT2D eigenvalue weighted by Crippen LogP contribution is -2.28. The minimum atomic E-state index is 0.463. The molecule has 0 radical (unpaired) electrons. The zero-order valence-electron chi connectivity index (χ0n) is 7.75. The van der Waals surface area contributed by atoms with E-state index in [0.717, 1.165) is 18.8 Å². The van der Waals surface area contributed by atoms with Gasteiger partial charge in [0.25, 0.3) is 5.88 Å². The zero-order valence-corrected chi connectivity index (χ0v) is 7.75. The molecule has 0 spiro atoms. The molecule has 4 nitrogen and oxygen atoms in total. The number of hydrogen-bond donors (Lipinski definition) is 1. The summed E-state index contributed by atoms with van der Waals surface area (Å²) in [6.45, 7) is 2.10. The first-order valence-corrected chi connectivity index (χ1v) is 4.61. The number of rotatable bonds is 2. The summed E-state index contributed by atoms with van der Waals surface area (Å²) in [6, 6.07) is 1.87. The fraction of sp³-hybridized carbons (Fsp3) is 0.667. The third-order valence-electron chi connectivity index (χ3n) is 2.42. The van der Waals surface area contributed by atoms with Gasteiger partial charge in [-0.15, -0.1) is 0 Å². The molecule has 2 heterocycles. The van der Waals surface area contributed by atoms with Crippen molar-refractivity contribution in [2.24, 2.45) is 0 Å². The van der Waals surface area contributed by atoms with Crippen LogP contribution in [0.15, 0.2) is 10.6 Å². The molecule has 0 aliphatic carbocycles. The number of nitrogens with one attached hydrogen (secondary N) is 1. The normalized spacial score (nSPS) is 23.0. The van der Waals surface area contributed by atoms with Crippen LogP contribution in [0, 0.1) is 0 Å². The summed E-state index contributed by atoms with van der Waals surface area (Å²) in [5.41, 5.74) is 0. The summed E-state index contributed by atoms with van der Waals surface area (Å²) < 4.78 is 10.1. The minimum absolute atomic E-state index is 0.463. The molecular weight excluding hydrogens is 168 g/mol. The highest BCUT2D eigenvalue weighted by Crippen LogP contribution is 2.25. The fourth-order valence-corrected chi connectivity index (χ4v) is 1.66. The van der Waals surface area contributed by atoms with E-state index in [1.807, 2.05) is 6.07 Å². The van der Waals surface area contributed by atoms with Crippen LogP contribution in [0.1, 0.15) is 24.5 Å². The minimum Gasteiger partial charge on any atom is -0.479 e. The van der Waals surface area contributed by atoms with Gasteiger partial charge in [0.15, 0.2) is 0 Å². The van der Waals surface area contributed by atoms with Crippen LogP contribution in [-0.4, -0.2) is 25.4 Å². The van der Waals surface area contributed by atoms with E-state index in [1.54, 1.807) is 7.11 Å². The Hall–Kier alpha value is -1.03. The first-order valence-electron chi connectivity index (χ1n) is 4.61. The van der Waals surface area contributed by atoms with E-state index in [0.29, 0.717) is 11.8 Å². The molecule has 1 N–H and O–H groups in total. The molecule has 0 bridgehead atoms. The van der Waals surface area contributed by atoms with Crippen molar-refractivity contribution in [3.63, 3.8) is 0 Å². The van der Waals surface area contributed by atoms with Gasteiger partial charge in [0.05, 0.1) is 7.11 Å². The summed E-state index contributed by atoms with van der Waals surface area (Å²) in [7, 11) is 1.60. The predicted octanol–water partition coefficient (Wildman–Crippen LogP) is 1.15. The molecule has 1 atom stereocenters. The van der Waals surface area contributed by atoms with Crippen LogP contribution in [0.2, 0.25) is 0 Å². The summed E-state index contributed by atoms with van der Waals surface area (Å²) >= 11 is 0. The van der Waals surface area contributed by atoms with Crippen LogP contribution < -0.4 is 10.1 Å². The Labute approximate surface area is 77.2 Å². The third kappa shape index (κ3) is 1.83. The summed E-state index contributed by atoms with van der Waals surface area (Å²) in [5, 5.41) is 7.12. The van der Waals surface area contributed by atoms with E-state index in [-0.39, 0.29) is 0 Å². The van der Waals surface area contributed by atoms with E-state index in [2.05, 4.69) is 10.5 Å². The lowest BCUT2D eigenvalue weighted by Gasteiger charge is -2.19. The summed E-state index contributed by atoms with van der Waals surface area (Å²) in [4.78, 5) is 0. The van der Waals surface area contributed by atoms with Crippen molar-refractivity contribution in [1.82, 2.24) is 10.5 Å². The Kier molecular flexibility index (Phi) is 2.49. The van der Waals surface area contributed by atoms with Gasteiger partial charge in [-0.25, -0.2) is 0 Å². The first-order chi connectivity index (χ1) is 6.40. The number of ether oxygens (including phenoxy) is 1. The maximum atomic E-state index is 5.18. The molecule has 0 aromatic carbocycles. The van der Waals surface area contributed by atoms with Crippen molar-refractivity contribution in [2.45, 2.75) is 18.8 Å². The van der Waals surface area contributed by atoms with Gasteiger partial charge in [0.1, 0.15) is 5.76 Å². The van der Waals surface area contributed by atoms with Crippen molar-refractivity contribution >= 4 is 0 Å². The average Bonchev–Trinajstić information content (AvgIpc) is 2.67. The van der Waals surface area contributed by atoms with Gasteiger partial charge >= 0.3 is 0 Å². The molecule has 2 rings (SSSR count). The molecule has 1 aliphatic rings. The molecule has 1 unspecified atom stereocenters. The van der Waals surface area contributed by atoms with Crippen LogP contribution in [-0.2, 0) is 0 Å². The fourth-order valence-electron chi connectivity index (χ4n) is 1.66. The molecule has 1 aliphatic heterocycles. The van der Waals surface area contributed by atoms with E-state index in [9.17, 15) is 0 Å². The van der Waals surface area contributed by atoms with Crippen molar-refractivity contribution in [1.29, 1.82) is 0 Å². The second-order valence-corrected chi connectivity index (χ2v) is 3.31. The van der Waals surface area contributed by atoms with Crippen molar-refractivity contribution < 1.29 is 9.26 Å². The summed E-state index contributed by atoms with van der Waals surface area (Å²) in [5.74, 6) is 1.97. The van der Waals surface area contributed by atoms with E-state index < -0.39 is 0 Å². The Morgan fingerprint density at radius 1 is 1.69 bits per heavy atom. The standard InChI is InChI=1S/C9H14N2O2/c1-12-9-5-8(13-11-9)7-3-2-4-10-6-7/h5,7,10H,2-4,6H2,1H3. The van der Waals surface area contributed by atoms with Crippen molar-refractivity contribution in [3.8, 4) is 5.88 Å². The van der Waals surface area contributed by atoms with Gasteiger partial charge in [-0.2, -0.15) is 0 Å². The van der Waals surface area contributed by atoms with Crippen LogP contribution in [0.4, 0.5) is 0 Å². The van der Waals surface area contributed by atoms with Crippen LogP contribution in [0.3, 0.4) is 0 Å². The monoisotopic (exact) mass is 182 g/mol. The first kappa shape index (κ1) is 8.56. The van der Waals surface area contributed by atoms with Gasteiger partial charge in [-0.05, 0) is 24.5 Å². The number of aromatic nitrogens is 1. The Morgan fingerprint density at radius 3 is 3.23 bits per heavy atom. The van der Waals surface area contributed by atoms with Crippen molar-refractivity contribution in [2.75, 3.05) is 20.2 Å². The van der Waals surface area contributed by atoms with Gasteiger partial charge in [-0.3, -0.25) is 0 Å². The van der Waals surface area contributed by atoms with E-state index in [1.165, 1.54) is 12.8 Å². The van der Waals surface area contributed by atoms with Crippen LogP contribution >= 0.6 is 0 Å². The number of piperidine rings is 1. The lowest BCUT2D eigenvalue weighted by atomic mass is 9.97. The average molecular weight is 182 g/mol. The Morgan fingerprint density at radius 2 is 2.62 bits per heavy atom. The van der Waals surface area contributed by atoms with Crippen molar-refractivity contribution in [3.05, 3.63) is 11.8 Å². The van der Waals surface area contributed by atoms with Crippen LogP contribution in [0.25, 0.3) is 0 Å². The topological polar surface area (TPSA) is 47.3 Å². The van der Waals surface area contributed by atoms with Crippen LogP contribution in [0.5, 0.6) is 5.88 Å². The molecule has 72 valence electrons.